The van der Waals surface area contributed by atoms with E-state index in [2.05, 4.69) is 15.9 Å². The van der Waals surface area contributed by atoms with E-state index < -0.39 is 0 Å². The third kappa shape index (κ3) is 3.77. The van der Waals surface area contributed by atoms with Crippen molar-refractivity contribution in [2.75, 3.05) is 7.11 Å². The molecule has 0 unspecified atom stereocenters. The second-order valence-electron chi connectivity index (χ2n) is 5.93. The number of fused-ring (bicyclic) bond motifs is 1. The normalized spacial score (nSPS) is 11.7. The molecular weight excluding hydrogens is 426 g/mol. The first-order valence-electron chi connectivity index (χ1n) is 8.31. The molecule has 0 radical (unpaired) electrons. The Hall–Kier alpha value is -2.56. The van der Waals surface area contributed by atoms with Gasteiger partial charge in [-0.25, -0.2) is 4.99 Å². The summed E-state index contributed by atoms with van der Waals surface area (Å²) >= 11 is 9.82. The number of hydrogen-bond donors (Lipinski definition) is 0. The van der Waals surface area contributed by atoms with Gasteiger partial charge in [0, 0.05) is 21.5 Å². The van der Waals surface area contributed by atoms with Gasteiger partial charge in [-0.3, -0.25) is 0 Å². The molecule has 0 aliphatic carbocycles. The average molecular weight is 441 g/mol. The predicted octanol–water partition coefficient (Wildman–Crippen LogP) is 6.76. The summed E-state index contributed by atoms with van der Waals surface area (Å²) in [6, 6.07) is 23.0. The smallest absolute Gasteiger partial charge is 0.138 e. The number of methoxy groups -OCH3 is 1. The summed E-state index contributed by atoms with van der Waals surface area (Å²) in [5.74, 6) is 1.41. The Labute approximate surface area is 170 Å². The zero-order valence-corrected chi connectivity index (χ0v) is 16.8. The fourth-order valence-electron chi connectivity index (χ4n) is 2.82. The molecule has 1 aromatic heterocycles. The summed E-state index contributed by atoms with van der Waals surface area (Å²) in [6.45, 7) is 0. The molecule has 0 saturated heterocycles. The molecule has 0 fully saturated rings. The maximum absolute atomic E-state index is 6.37. The number of ether oxygens (including phenoxy) is 1. The predicted molar refractivity (Wildman–Crippen MR) is 113 cm³/mol. The van der Waals surface area contributed by atoms with Gasteiger partial charge in [-0.2, -0.15) is 0 Å². The monoisotopic (exact) mass is 439 g/mol. The minimum absolute atomic E-state index is 0.628. The highest BCUT2D eigenvalue weighted by atomic mass is 79.9. The second-order valence-corrected chi connectivity index (χ2v) is 7.25. The van der Waals surface area contributed by atoms with Gasteiger partial charge in [0.2, 0.25) is 0 Å². The van der Waals surface area contributed by atoms with E-state index in [1.807, 2.05) is 72.8 Å². The van der Waals surface area contributed by atoms with E-state index in [1.54, 1.807) is 7.11 Å². The van der Waals surface area contributed by atoms with Crippen LogP contribution in [0.15, 0.2) is 86.7 Å². The fraction of sp³-hybridized carbons (Fsp3) is 0.0455. The van der Waals surface area contributed by atoms with E-state index in [1.165, 1.54) is 0 Å². The largest absolute Gasteiger partial charge is 0.497 e. The zero-order valence-electron chi connectivity index (χ0n) is 14.4. The van der Waals surface area contributed by atoms with E-state index in [9.17, 15) is 0 Å². The molecule has 0 bridgehead atoms. The van der Waals surface area contributed by atoms with E-state index in [-0.39, 0.29) is 0 Å². The van der Waals surface area contributed by atoms with Gasteiger partial charge in [0.1, 0.15) is 17.1 Å². The van der Waals surface area contributed by atoms with Crippen LogP contribution >= 0.6 is 27.5 Å². The molecule has 0 spiro atoms. The molecule has 4 aromatic rings. The first kappa shape index (κ1) is 17.8. The molecule has 3 aromatic carbocycles. The van der Waals surface area contributed by atoms with Crippen LogP contribution in [-0.2, 0) is 0 Å². The van der Waals surface area contributed by atoms with Gasteiger partial charge in [-0.15, -0.1) is 0 Å². The Morgan fingerprint density at radius 2 is 1.74 bits per heavy atom. The molecule has 0 atom stereocenters. The standard InChI is InChI=1S/C22H15BrClNO2/c1-26-16-10-11-21-18(12-16)20(25-15-8-6-14(23)7-9-15)13-22(27-21)17-4-2-3-5-19(17)24/h2-13H,1H3. The molecule has 4 rings (SSSR count). The SMILES string of the molecule is COc1ccc2oc(-c3ccccc3Cl)cc(=Nc3ccc(Br)cc3)c2c1. The molecule has 0 N–H and O–H groups in total. The third-order valence-corrected chi connectivity index (χ3v) is 5.02. The Kier molecular flexibility index (Phi) is 5.01. The summed E-state index contributed by atoms with van der Waals surface area (Å²) in [5, 5.41) is 2.28. The van der Waals surface area contributed by atoms with Gasteiger partial charge in [0.25, 0.3) is 0 Å². The highest BCUT2D eigenvalue weighted by Gasteiger charge is 2.10. The summed E-state index contributed by atoms with van der Waals surface area (Å²) in [7, 11) is 1.64. The third-order valence-electron chi connectivity index (χ3n) is 4.17. The van der Waals surface area contributed by atoms with Crippen molar-refractivity contribution in [1.82, 2.24) is 0 Å². The van der Waals surface area contributed by atoms with Crippen molar-refractivity contribution >= 4 is 44.2 Å². The molecule has 1 heterocycles. The van der Waals surface area contributed by atoms with Gasteiger partial charge in [0.05, 0.1) is 23.2 Å². The second kappa shape index (κ2) is 7.59. The number of rotatable bonds is 3. The number of benzene rings is 3. The van der Waals surface area contributed by atoms with Gasteiger partial charge in [0.15, 0.2) is 0 Å². The van der Waals surface area contributed by atoms with Crippen LogP contribution in [0.4, 0.5) is 5.69 Å². The highest BCUT2D eigenvalue weighted by molar-refractivity contribution is 9.10. The molecule has 5 heteroatoms. The molecule has 27 heavy (non-hydrogen) atoms. The van der Waals surface area contributed by atoms with Crippen molar-refractivity contribution in [1.29, 1.82) is 0 Å². The Morgan fingerprint density at radius 3 is 2.48 bits per heavy atom. The summed E-state index contributed by atoms with van der Waals surface area (Å²) in [5.41, 5.74) is 2.38. The van der Waals surface area contributed by atoms with Crippen LogP contribution in [0.2, 0.25) is 5.02 Å². The molecule has 0 aliphatic rings. The van der Waals surface area contributed by atoms with Crippen molar-refractivity contribution in [2.45, 2.75) is 0 Å². The van der Waals surface area contributed by atoms with Gasteiger partial charge in [-0.05, 0) is 54.6 Å². The summed E-state index contributed by atoms with van der Waals surface area (Å²) in [4.78, 5) is 4.82. The molecule has 0 saturated carbocycles. The Balaban J connectivity index is 2.01. The van der Waals surface area contributed by atoms with Crippen LogP contribution in [0.3, 0.4) is 0 Å². The van der Waals surface area contributed by atoms with Crippen LogP contribution < -0.4 is 10.1 Å². The quantitative estimate of drug-likeness (QED) is 0.353. The molecule has 134 valence electrons. The topological polar surface area (TPSA) is 34.7 Å². The molecule has 3 nitrogen and oxygen atoms in total. The highest BCUT2D eigenvalue weighted by Crippen LogP contribution is 2.30. The summed E-state index contributed by atoms with van der Waals surface area (Å²) < 4.78 is 12.5. The van der Waals surface area contributed by atoms with Gasteiger partial charge >= 0.3 is 0 Å². The van der Waals surface area contributed by atoms with E-state index in [0.29, 0.717) is 16.4 Å². The Bertz CT molecular complexity index is 1180. The molecule has 0 amide bonds. The maximum atomic E-state index is 6.37. The fourth-order valence-corrected chi connectivity index (χ4v) is 3.31. The van der Waals surface area contributed by atoms with E-state index in [4.69, 9.17) is 25.7 Å². The lowest BCUT2D eigenvalue weighted by Gasteiger charge is -2.08. The number of hydrogen-bond acceptors (Lipinski definition) is 3. The van der Waals surface area contributed by atoms with E-state index >= 15 is 0 Å². The lowest BCUT2D eigenvalue weighted by atomic mass is 10.1. The molecular formula is C22H15BrClNO2. The number of halogens is 2. The first-order valence-corrected chi connectivity index (χ1v) is 9.48. The molecule has 0 aliphatic heterocycles. The first-order chi connectivity index (χ1) is 13.1. The van der Waals surface area contributed by atoms with Crippen LogP contribution in [0.1, 0.15) is 0 Å². The van der Waals surface area contributed by atoms with Crippen LogP contribution in [0, 0.1) is 0 Å². The van der Waals surface area contributed by atoms with E-state index in [0.717, 1.165) is 32.2 Å². The maximum Gasteiger partial charge on any atom is 0.138 e. The van der Waals surface area contributed by atoms with Gasteiger partial charge in [-0.1, -0.05) is 39.7 Å². The average Bonchev–Trinajstić information content (AvgIpc) is 2.69. The lowest BCUT2D eigenvalue weighted by molar-refractivity contribution is 0.415. The minimum Gasteiger partial charge on any atom is -0.497 e. The minimum atomic E-state index is 0.628. The number of nitrogens with zero attached hydrogens (tertiary/aromatic N) is 1. The van der Waals surface area contributed by atoms with Crippen LogP contribution in [0.5, 0.6) is 5.75 Å². The van der Waals surface area contributed by atoms with Crippen molar-refractivity contribution in [3.63, 3.8) is 0 Å². The van der Waals surface area contributed by atoms with Crippen molar-refractivity contribution in [3.8, 4) is 17.1 Å². The van der Waals surface area contributed by atoms with Crippen molar-refractivity contribution < 1.29 is 9.15 Å². The van der Waals surface area contributed by atoms with Crippen molar-refractivity contribution in [3.05, 3.63) is 87.6 Å². The van der Waals surface area contributed by atoms with Crippen molar-refractivity contribution in [2.24, 2.45) is 4.99 Å². The Morgan fingerprint density at radius 1 is 0.963 bits per heavy atom. The zero-order chi connectivity index (χ0) is 18.8. The van der Waals surface area contributed by atoms with Gasteiger partial charge < -0.3 is 9.15 Å². The lowest BCUT2D eigenvalue weighted by Crippen LogP contribution is -2.03. The van der Waals surface area contributed by atoms with Crippen LogP contribution in [0.25, 0.3) is 22.3 Å². The summed E-state index contributed by atoms with van der Waals surface area (Å²) in [6.07, 6.45) is 0. The van der Waals surface area contributed by atoms with Crippen LogP contribution in [-0.4, -0.2) is 7.11 Å².